The molecular weight excluding hydrogens is 302 g/mol. The molecule has 122 valence electrons. The van der Waals surface area contributed by atoms with Gasteiger partial charge in [-0.05, 0) is 49.2 Å². The Morgan fingerprint density at radius 2 is 1.71 bits per heavy atom. The third-order valence-electron chi connectivity index (χ3n) is 3.38. The van der Waals surface area contributed by atoms with Gasteiger partial charge in [0.2, 0.25) is 5.95 Å². The van der Waals surface area contributed by atoms with Crippen molar-refractivity contribution in [3.63, 3.8) is 0 Å². The Kier molecular flexibility index (Phi) is 4.56. The Bertz CT molecular complexity index is 830. The zero-order valence-electron chi connectivity index (χ0n) is 13.9. The number of aryl methyl sites for hydroxylation is 2. The van der Waals surface area contributed by atoms with Gasteiger partial charge in [0.1, 0.15) is 5.75 Å². The summed E-state index contributed by atoms with van der Waals surface area (Å²) in [7, 11) is 1.63. The van der Waals surface area contributed by atoms with Crippen molar-refractivity contribution in [2.45, 2.75) is 13.8 Å². The number of hydrogen-bond donors (Lipinski definition) is 2. The molecule has 0 unspecified atom stereocenters. The van der Waals surface area contributed by atoms with E-state index in [9.17, 15) is 0 Å². The number of ether oxygens (including phenoxy) is 1. The largest absolute Gasteiger partial charge is 0.497 e. The first-order valence-corrected chi connectivity index (χ1v) is 7.58. The van der Waals surface area contributed by atoms with Gasteiger partial charge in [-0.2, -0.15) is 10.1 Å². The molecule has 0 aliphatic heterocycles. The van der Waals surface area contributed by atoms with E-state index in [0.29, 0.717) is 11.8 Å². The molecular formula is C18H19N5O. The van der Waals surface area contributed by atoms with Gasteiger partial charge in [0.15, 0.2) is 5.82 Å². The first kappa shape index (κ1) is 15.7. The molecule has 3 aromatic rings. The number of rotatable bonds is 5. The molecule has 1 aromatic heterocycles. The summed E-state index contributed by atoms with van der Waals surface area (Å²) in [5, 5.41) is 14.4. The molecule has 0 bridgehead atoms. The van der Waals surface area contributed by atoms with Gasteiger partial charge in [0, 0.05) is 17.4 Å². The van der Waals surface area contributed by atoms with Crippen LogP contribution in [0.1, 0.15) is 11.1 Å². The van der Waals surface area contributed by atoms with Crippen molar-refractivity contribution in [3.05, 3.63) is 59.8 Å². The third-order valence-corrected chi connectivity index (χ3v) is 3.38. The molecule has 2 N–H and O–H groups in total. The second-order valence-corrected chi connectivity index (χ2v) is 5.52. The van der Waals surface area contributed by atoms with Crippen molar-refractivity contribution in [3.8, 4) is 5.75 Å². The molecule has 0 amide bonds. The number of anilines is 4. The molecule has 3 rings (SSSR count). The van der Waals surface area contributed by atoms with Crippen LogP contribution in [0, 0.1) is 13.8 Å². The van der Waals surface area contributed by atoms with Crippen LogP contribution in [0.25, 0.3) is 0 Å². The van der Waals surface area contributed by atoms with Crippen LogP contribution in [-0.2, 0) is 0 Å². The van der Waals surface area contributed by atoms with Gasteiger partial charge in [0.25, 0.3) is 0 Å². The molecule has 0 spiro atoms. The molecule has 0 aliphatic carbocycles. The molecule has 0 radical (unpaired) electrons. The summed E-state index contributed by atoms with van der Waals surface area (Å²) in [6.07, 6.45) is 1.59. The molecule has 0 atom stereocenters. The van der Waals surface area contributed by atoms with E-state index in [-0.39, 0.29) is 0 Å². The fourth-order valence-electron chi connectivity index (χ4n) is 2.44. The van der Waals surface area contributed by atoms with Crippen molar-refractivity contribution in [1.29, 1.82) is 0 Å². The number of nitrogens with one attached hydrogen (secondary N) is 2. The van der Waals surface area contributed by atoms with E-state index in [1.165, 1.54) is 11.1 Å². The summed E-state index contributed by atoms with van der Waals surface area (Å²) in [6, 6.07) is 13.8. The summed E-state index contributed by atoms with van der Waals surface area (Å²) < 4.78 is 5.21. The van der Waals surface area contributed by atoms with Crippen LogP contribution < -0.4 is 15.4 Å². The van der Waals surface area contributed by atoms with Crippen LogP contribution >= 0.6 is 0 Å². The van der Waals surface area contributed by atoms with Crippen LogP contribution in [0.4, 0.5) is 23.1 Å². The van der Waals surface area contributed by atoms with Crippen molar-refractivity contribution in [2.75, 3.05) is 17.7 Å². The van der Waals surface area contributed by atoms with Crippen molar-refractivity contribution >= 4 is 23.1 Å². The molecule has 0 aliphatic rings. The molecule has 0 fully saturated rings. The highest BCUT2D eigenvalue weighted by atomic mass is 16.5. The van der Waals surface area contributed by atoms with Crippen LogP contribution in [0.5, 0.6) is 5.75 Å². The van der Waals surface area contributed by atoms with Crippen LogP contribution in [-0.4, -0.2) is 22.3 Å². The van der Waals surface area contributed by atoms with E-state index in [1.807, 2.05) is 24.3 Å². The predicted octanol–water partition coefficient (Wildman–Crippen LogP) is 3.98. The Balaban J connectivity index is 1.78. The number of nitrogens with zero attached hydrogens (tertiary/aromatic N) is 3. The Hall–Kier alpha value is -3.15. The summed E-state index contributed by atoms with van der Waals surface area (Å²) in [4.78, 5) is 4.44. The van der Waals surface area contributed by atoms with Gasteiger partial charge in [0.05, 0.1) is 13.3 Å². The molecule has 6 heteroatoms. The summed E-state index contributed by atoms with van der Waals surface area (Å²) >= 11 is 0. The van der Waals surface area contributed by atoms with Crippen molar-refractivity contribution in [2.24, 2.45) is 0 Å². The fraction of sp³-hybridized carbons (Fsp3) is 0.167. The highest BCUT2D eigenvalue weighted by Crippen LogP contribution is 2.21. The highest BCUT2D eigenvalue weighted by Gasteiger charge is 2.04. The predicted molar refractivity (Wildman–Crippen MR) is 95.3 cm³/mol. The monoisotopic (exact) mass is 321 g/mol. The lowest BCUT2D eigenvalue weighted by Crippen LogP contribution is -2.02. The average Bonchev–Trinajstić information content (AvgIpc) is 2.54. The lowest BCUT2D eigenvalue weighted by molar-refractivity contribution is 0.415. The number of aromatic nitrogens is 3. The van der Waals surface area contributed by atoms with Crippen LogP contribution in [0.15, 0.2) is 48.7 Å². The van der Waals surface area contributed by atoms with Crippen LogP contribution in [0.3, 0.4) is 0 Å². The van der Waals surface area contributed by atoms with Gasteiger partial charge in [-0.15, -0.1) is 5.10 Å². The first-order valence-electron chi connectivity index (χ1n) is 7.58. The lowest BCUT2D eigenvalue weighted by Gasteiger charge is -2.09. The van der Waals surface area contributed by atoms with Crippen molar-refractivity contribution in [1.82, 2.24) is 15.2 Å². The van der Waals surface area contributed by atoms with Gasteiger partial charge in [-0.3, -0.25) is 0 Å². The molecule has 0 saturated heterocycles. The van der Waals surface area contributed by atoms with E-state index >= 15 is 0 Å². The van der Waals surface area contributed by atoms with E-state index in [0.717, 1.165) is 17.1 Å². The minimum Gasteiger partial charge on any atom is -0.497 e. The maximum atomic E-state index is 5.21. The van der Waals surface area contributed by atoms with Crippen LogP contribution in [0.2, 0.25) is 0 Å². The zero-order chi connectivity index (χ0) is 16.9. The molecule has 2 aromatic carbocycles. The minimum absolute atomic E-state index is 0.414. The summed E-state index contributed by atoms with van der Waals surface area (Å²) in [6.45, 7) is 4.12. The van der Waals surface area contributed by atoms with E-state index in [1.54, 1.807) is 13.3 Å². The van der Waals surface area contributed by atoms with E-state index in [2.05, 4.69) is 57.9 Å². The summed E-state index contributed by atoms with van der Waals surface area (Å²) in [5.41, 5.74) is 4.18. The zero-order valence-corrected chi connectivity index (χ0v) is 13.9. The van der Waals surface area contributed by atoms with Crippen molar-refractivity contribution < 1.29 is 4.74 Å². The Labute approximate surface area is 140 Å². The maximum Gasteiger partial charge on any atom is 0.249 e. The van der Waals surface area contributed by atoms with E-state index < -0.39 is 0 Å². The minimum atomic E-state index is 0.414. The lowest BCUT2D eigenvalue weighted by atomic mass is 10.1. The first-order chi connectivity index (χ1) is 11.6. The quantitative estimate of drug-likeness (QED) is 0.740. The smallest absolute Gasteiger partial charge is 0.249 e. The second kappa shape index (κ2) is 6.95. The highest BCUT2D eigenvalue weighted by molar-refractivity contribution is 5.60. The van der Waals surface area contributed by atoms with Gasteiger partial charge < -0.3 is 15.4 Å². The fourth-order valence-corrected chi connectivity index (χ4v) is 2.44. The summed E-state index contributed by atoms with van der Waals surface area (Å²) in [5.74, 6) is 1.80. The Morgan fingerprint density at radius 3 is 2.46 bits per heavy atom. The average molecular weight is 321 g/mol. The van der Waals surface area contributed by atoms with E-state index in [4.69, 9.17) is 4.74 Å². The standard InChI is InChI=1S/C18H19N5O/c1-12-7-13(2)9-15(8-12)20-17-11-19-23-18(22-17)21-14-5-4-6-16(10-14)24-3/h4-11H,1-3H3,(H2,20,21,22,23). The third kappa shape index (κ3) is 3.98. The van der Waals surface area contributed by atoms with Gasteiger partial charge >= 0.3 is 0 Å². The number of benzene rings is 2. The number of hydrogen-bond acceptors (Lipinski definition) is 6. The SMILES string of the molecule is COc1cccc(Nc2nncc(Nc3cc(C)cc(C)c3)n2)c1. The molecule has 0 saturated carbocycles. The van der Waals surface area contributed by atoms with Gasteiger partial charge in [-0.1, -0.05) is 12.1 Å². The number of methoxy groups -OCH3 is 1. The maximum absolute atomic E-state index is 5.21. The normalized spacial score (nSPS) is 10.3. The Morgan fingerprint density at radius 1 is 0.917 bits per heavy atom. The van der Waals surface area contributed by atoms with Gasteiger partial charge in [-0.25, -0.2) is 0 Å². The topological polar surface area (TPSA) is 72.0 Å². The second-order valence-electron chi connectivity index (χ2n) is 5.52. The molecule has 6 nitrogen and oxygen atoms in total. The molecule has 1 heterocycles. The molecule has 24 heavy (non-hydrogen) atoms.